The fourth-order valence-corrected chi connectivity index (χ4v) is 5.33. The molecule has 0 spiro atoms. The van der Waals surface area contributed by atoms with E-state index in [9.17, 15) is 0 Å². The Morgan fingerprint density at radius 3 is 1.73 bits per heavy atom. The van der Waals surface area contributed by atoms with Gasteiger partial charge in [-0.3, -0.25) is 4.98 Å². The van der Waals surface area contributed by atoms with Gasteiger partial charge in [-0.15, -0.1) is 0 Å². The van der Waals surface area contributed by atoms with E-state index in [0.29, 0.717) is 6.61 Å². The van der Waals surface area contributed by atoms with Crippen LogP contribution in [-0.4, -0.2) is 19.5 Å². The lowest BCUT2D eigenvalue weighted by Crippen LogP contribution is -2.17. The van der Waals surface area contributed by atoms with E-state index in [1.807, 2.05) is 91.4 Å². The molecule has 150 valence electrons. The minimum absolute atomic E-state index is 0.0200. The van der Waals surface area contributed by atoms with Crippen LogP contribution in [0.1, 0.15) is 17.4 Å². The molecule has 0 radical (unpaired) electrons. The number of aromatic nitrogens is 3. The minimum Gasteiger partial charge on any atom is -0.365 e. The van der Waals surface area contributed by atoms with Crippen LogP contribution >= 0.6 is 23.5 Å². The van der Waals surface area contributed by atoms with Crippen molar-refractivity contribution < 1.29 is 4.74 Å². The van der Waals surface area contributed by atoms with Gasteiger partial charge >= 0.3 is 0 Å². The largest absolute Gasteiger partial charge is 0.365 e. The number of benzene rings is 1. The number of hydrogen-bond donors (Lipinski definition) is 0. The number of thioether (sulfide) groups is 2. The van der Waals surface area contributed by atoms with Crippen LogP contribution in [-0.2, 0) is 11.3 Å². The number of nitrogens with zero attached hydrogens (tertiary/aromatic N) is 3. The molecule has 0 fully saturated rings. The van der Waals surface area contributed by atoms with E-state index in [0.717, 1.165) is 21.3 Å². The summed E-state index contributed by atoms with van der Waals surface area (Å²) in [5.41, 5.74) is 2.02. The third kappa shape index (κ3) is 5.92. The fourth-order valence-electron chi connectivity index (χ4n) is 2.83. The second kappa shape index (κ2) is 10.9. The van der Waals surface area contributed by atoms with Gasteiger partial charge in [-0.1, -0.05) is 72.1 Å². The van der Waals surface area contributed by atoms with Crippen molar-refractivity contribution in [2.24, 2.45) is 0 Å². The molecule has 1 unspecified atom stereocenters. The number of pyridine rings is 3. The first-order valence-electron chi connectivity index (χ1n) is 9.60. The lowest BCUT2D eigenvalue weighted by Gasteiger charge is -2.26. The Morgan fingerprint density at radius 2 is 1.20 bits per heavy atom. The highest BCUT2D eigenvalue weighted by atomic mass is 32.2. The average Bonchev–Trinajstić information content (AvgIpc) is 2.82. The molecular weight excluding hydrogens is 410 g/mol. The van der Waals surface area contributed by atoms with Crippen molar-refractivity contribution in [3.05, 3.63) is 115 Å². The molecular formula is C24H21N3OS2. The van der Waals surface area contributed by atoms with Crippen LogP contribution in [0.4, 0.5) is 0 Å². The van der Waals surface area contributed by atoms with Gasteiger partial charge in [0.25, 0.3) is 0 Å². The fraction of sp³-hybridized carbons (Fsp3) is 0.125. The predicted octanol–water partition coefficient (Wildman–Crippen LogP) is 6.04. The van der Waals surface area contributed by atoms with Crippen LogP contribution in [0.3, 0.4) is 0 Å². The van der Waals surface area contributed by atoms with Gasteiger partial charge in [0.05, 0.1) is 26.9 Å². The summed E-state index contributed by atoms with van der Waals surface area (Å²) >= 11 is 3.34. The molecule has 0 amide bonds. The summed E-state index contributed by atoms with van der Waals surface area (Å²) in [6.45, 7) is 0.504. The van der Waals surface area contributed by atoms with E-state index in [1.54, 1.807) is 23.5 Å². The Bertz CT molecular complexity index is 964. The molecule has 0 saturated carbocycles. The zero-order chi connectivity index (χ0) is 20.4. The predicted molar refractivity (Wildman–Crippen MR) is 122 cm³/mol. The summed E-state index contributed by atoms with van der Waals surface area (Å²) in [6, 6.07) is 28.0. The molecule has 3 aromatic heterocycles. The van der Waals surface area contributed by atoms with E-state index < -0.39 is 0 Å². The number of ether oxygens (including phenoxy) is 1. The topological polar surface area (TPSA) is 47.9 Å². The van der Waals surface area contributed by atoms with E-state index >= 15 is 0 Å². The smallest absolute Gasteiger partial charge is 0.122 e. The Kier molecular flexibility index (Phi) is 7.50. The summed E-state index contributed by atoms with van der Waals surface area (Å²) < 4.78 is 6.44. The normalized spacial score (nSPS) is 12.0. The zero-order valence-electron chi connectivity index (χ0n) is 16.2. The van der Waals surface area contributed by atoms with Gasteiger partial charge in [-0.25, -0.2) is 9.97 Å². The molecule has 4 nitrogen and oxygen atoms in total. The average molecular weight is 432 g/mol. The zero-order valence-corrected chi connectivity index (χ0v) is 17.9. The molecule has 0 N–H and O–H groups in total. The lowest BCUT2D eigenvalue weighted by molar-refractivity contribution is 0.0480. The van der Waals surface area contributed by atoms with Gasteiger partial charge in [0.15, 0.2) is 0 Å². The Morgan fingerprint density at radius 1 is 0.633 bits per heavy atom. The monoisotopic (exact) mass is 431 g/mol. The quantitative estimate of drug-likeness (QED) is 0.238. The van der Waals surface area contributed by atoms with Gasteiger partial charge in [-0.05, 0) is 42.0 Å². The SMILES string of the molecule is c1ccc(COC(c2ccccn2)C(Sc2ccccn2)Sc2ccccn2)cc1. The van der Waals surface area contributed by atoms with Crippen molar-refractivity contribution in [2.45, 2.75) is 27.3 Å². The Labute approximate surface area is 185 Å². The third-order valence-electron chi connectivity index (χ3n) is 4.25. The summed E-state index contributed by atoms with van der Waals surface area (Å²) in [5.74, 6) is 0. The third-order valence-corrected chi connectivity index (χ3v) is 6.75. The number of rotatable bonds is 9. The van der Waals surface area contributed by atoms with Crippen molar-refractivity contribution >= 4 is 23.5 Å². The molecule has 0 aliphatic rings. The van der Waals surface area contributed by atoms with Crippen molar-refractivity contribution in [1.29, 1.82) is 0 Å². The maximum absolute atomic E-state index is 6.46. The first kappa shape index (κ1) is 20.6. The minimum atomic E-state index is -0.245. The first-order chi connectivity index (χ1) is 14.9. The van der Waals surface area contributed by atoms with Crippen LogP contribution in [0.5, 0.6) is 0 Å². The van der Waals surface area contributed by atoms with Crippen LogP contribution < -0.4 is 0 Å². The molecule has 0 bridgehead atoms. The summed E-state index contributed by atoms with van der Waals surface area (Å²) in [7, 11) is 0. The molecule has 0 saturated heterocycles. The van der Waals surface area contributed by atoms with Crippen LogP contribution in [0.15, 0.2) is 114 Å². The maximum atomic E-state index is 6.46. The van der Waals surface area contributed by atoms with Gasteiger partial charge in [-0.2, -0.15) is 0 Å². The highest BCUT2D eigenvalue weighted by Gasteiger charge is 2.28. The molecule has 0 aliphatic heterocycles. The van der Waals surface area contributed by atoms with Crippen molar-refractivity contribution in [3.8, 4) is 0 Å². The lowest BCUT2D eigenvalue weighted by atomic mass is 10.2. The highest BCUT2D eigenvalue weighted by Crippen LogP contribution is 2.43. The van der Waals surface area contributed by atoms with Crippen LogP contribution in [0.2, 0.25) is 0 Å². The molecule has 1 aromatic carbocycles. The second-order valence-corrected chi connectivity index (χ2v) is 9.03. The first-order valence-corrected chi connectivity index (χ1v) is 11.4. The van der Waals surface area contributed by atoms with E-state index in [1.165, 1.54) is 0 Å². The summed E-state index contributed by atoms with van der Waals surface area (Å²) in [4.78, 5) is 13.6. The van der Waals surface area contributed by atoms with Gasteiger partial charge < -0.3 is 4.74 Å². The van der Waals surface area contributed by atoms with E-state index in [4.69, 9.17) is 4.74 Å². The van der Waals surface area contributed by atoms with Crippen LogP contribution in [0.25, 0.3) is 0 Å². The van der Waals surface area contributed by atoms with Gasteiger partial charge in [0.2, 0.25) is 0 Å². The Hall–Kier alpha value is -2.67. The molecule has 1 atom stereocenters. The van der Waals surface area contributed by atoms with Crippen LogP contribution in [0, 0.1) is 0 Å². The maximum Gasteiger partial charge on any atom is 0.122 e. The standard InChI is InChI=1S/C24H21N3OS2/c1-2-10-19(11-3-1)18-28-23(20-12-4-7-15-25-20)24(29-21-13-5-8-16-26-21)30-22-14-6-9-17-27-22/h1-17,23-24H,18H2. The molecule has 4 rings (SSSR count). The second-order valence-electron chi connectivity index (χ2n) is 6.41. The van der Waals surface area contributed by atoms with Crippen molar-refractivity contribution in [2.75, 3.05) is 0 Å². The Balaban J connectivity index is 1.63. The van der Waals surface area contributed by atoms with Gasteiger partial charge in [0, 0.05) is 18.6 Å². The molecule has 3 heterocycles. The number of hydrogen-bond acceptors (Lipinski definition) is 6. The summed E-state index contributed by atoms with van der Waals surface area (Å²) in [5, 5.41) is 1.88. The molecule has 30 heavy (non-hydrogen) atoms. The van der Waals surface area contributed by atoms with Gasteiger partial charge in [0.1, 0.15) is 6.10 Å². The highest BCUT2D eigenvalue weighted by molar-refractivity contribution is 8.17. The van der Waals surface area contributed by atoms with Crippen molar-refractivity contribution in [1.82, 2.24) is 15.0 Å². The van der Waals surface area contributed by atoms with E-state index in [2.05, 4.69) is 27.1 Å². The molecule has 4 aromatic rings. The molecule has 6 heteroatoms. The summed E-state index contributed by atoms with van der Waals surface area (Å²) in [6.07, 6.45) is 5.18. The van der Waals surface area contributed by atoms with Crippen molar-refractivity contribution in [3.63, 3.8) is 0 Å². The van der Waals surface area contributed by atoms with E-state index in [-0.39, 0.29) is 10.7 Å². The molecule has 0 aliphatic carbocycles.